The molecule has 0 aliphatic heterocycles. The third-order valence-corrected chi connectivity index (χ3v) is 5.74. The minimum absolute atomic E-state index is 0.0572. The molecule has 0 spiro atoms. The van der Waals surface area contributed by atoms with E-state index in [1.54, 1.807) is 39.0 Å². The fourth-order valence-electron chi connectivity index (χ4n) is 2.67. The summed E-state index contributed by atoms with van der Waals surface area (Å²) in [5, 5.41) is 0. The van der Waals surface area contributed by atoms with Crippen LogP contribution < -0.4 is 9.46 Å². The largest absolute Gasteiger partial charge is 0.493 e. The van der Waals surface area contributed by atoms with Gasteiger partial charge in [0.2, 0.25) is 10.0 Å². The molecule has 0 atom stereocenters. The van der Waals surface area contributed by atoms with Gasteiger partial charge in [0.05, 0.1) is 17.1 Å². The Labute approximate surface area is 177 Å². The van der Waals surface area contributed by atoms with Crippen molar-refractivity contribution in [3.63, 3.8) is 0 Å². The van der Waals surface area contributed by atoms with E-state index < -0.39 is 21.5 Å². The molecule has 2 aromatic carbocycles. The molecule has 7 nitrogen and oxygen atoms in total. The molecular weight excluding hydrogens is 406 g/mol. The van der Waals surface area contributed by atoms with Crippen molar-refractivity contribution in [1.82, 2.24) is 4.72 Å². The summed E-state index contributed by atoms with van der Waals surface area (Å²) in [7, 11) is -3.69. The third kappa shape index (κ3) is 6.40. The maximum absolute atomic E-state index is 12.4. The quantitative estimate of drug-likeness (QED) is 0.503. The highest BCUT2D eigenvalue weighted by Crippen LogP contribution is 2.22. The second-order valence-corrected chi connectivity index (χ2v) is 9.45. The van der Waals surface area contributed by atoms with Crippen LogP contribution in [0.25, 0.3) is 0 Å². The van der Waals surface area contributed by atoms with Crippen LogP contribution >= 0.6 is 0 Å². The van der Waals surface area contributed by atoms with Crippen molar-refractivity contribution in [2.75, 3.05) is 6.61 Å². The maximum atomic E-state index is 12.4. The van der Waals surface area contributed by atoms with Crippen LogP contribution in [0.15, 0.2) is 47.4 Å². The van der Waals surface area contributed by atoms with Crippen molar-refractivity contribution >= 4 is 21.8 Å². The van der Waals surface area contributed by atoms with Crippen molar-refractivity contribution < 1.29 is 27.5 Å². The first-order valence-corrected chi connectivity index (χ1v) is 11.0. The van der Waals surface area contributed by atoms with Gasteiger partial charge >= 0.3 is 5.97 Å². The predicted molar refractivity (Wildman–Crippen MR) is 113 cm³/mol. The topological polar surface area (TPSA) is 98.8 Å². The van der Waals surface area contributed by atoms with Crippen LogP contribution in [0.4, 0.5) is 0 Å². The number of carbonyl (C=O) groups is 2. The first-order chi connectivity index (χ1) is 13.9. The standard InChI is InChI=1S/C22H27NO6S/c1-6-28-20-12-9-17(15(2)24)13-18(20)14-29-21(25)16-7-10-19(11-8-16)30(26,27)23-22(3,4)5/h7-13,23H,6,14H2,1-5H3. The van der Waals surface area contributed by atoms with E-state index in [2.05, 4.69) is 4.72 Å². The van der Waals surface area contributed by atoms with Crippen LogP contribution in [0, 0.1) is 0 Å². The zero-order valence-electron chi connectivity index (χ0n) is 17.8. The molecule has 0 aliphatic carbocycles. The van der Waals surface area contributed by atoms with E-state index in [1.165, 1.54) is 31.2 Å². The van der Waals surface area contributed by atoms with Crippen LogP contribution in [-0.2, 0) is 21.4 Å². The van der Waals surface area contributed by atoms with Gasteiger partial charge in [-0.2, -0.15) is 0 Å². The molecule has 0 bridgehead atoms. The lowest BCUT2D eigenvalue weighted by Gasteiger charge is -2.20. The Kier molecular flexibility index (Phi) is 7.39. The Morgan fingerprint density at radius 1 is 1.00 bits per heavy atom. The fourth-order valence-corrected chi connectivity index (χ4v) is 4.08. The zero-order chi connectivity index (χ0) is 22.5. The maximum Gasteiger partial charge on any atom is 0.338 e. The summed E-state index contributed by atoms with van der Waals surface area (Å²) in [4.78, 5) is 24.1. The molecule has 0 fully saturated rings. The number of esters is 1. The lowest BCUT2D eigenvalue weighted by atomic mass is 10.1. The van der Waals surface area contributed by atoms with Crippen molar-refractivity contribution in [2.45, 2.75) is 51.7 Å². The average molecular weight is 434 g/mol. The van der Waals surface area contributed by atoms with Crippen molar-refractivity contribution in [2.24, 2.45) is 0 Å². The molecule has 0 heterocycles. The predicted octanol–water partition coefficient (Wildman–Crippen LogP) is 3.72. The van der Waals surface area contributed by atoms with Gasteiger partial charge in [-0.05, 0) is 77.1 Å². The van der Waals surface area contributed by atoms with E-state index in [4.69, 9.17) is 9.47 Å². The Balaban J connectivity index is 2.14. The van der Waals surface area contributed by atoms with Gasteiger partial charge in [-0.25, -0.2) is 17.9 Å². The normalized spacial score (nSPS) is 11.8. The molecule has 0 amide bonds. The van der Waals surface area contributed by atoms with Gasteiger partial charge in [0, 0.05) is 16.7 Å². The van der Waals surface area contributed by atoms with Crippen molar-refractivity contribution in [1.29, 1.82) is 0 Å². The number of rotatable bonds is 8. The molecule has 8 heteroatoms. The monoisotopic (exact) mass is 433 g/mol. The summed E-state index contributed by atoms with van der Waals surface area (Å²) in [6.45, 7) is 8.86. The average Bonchev–Trinajstić information content (AvgIpc) is 2.65. The summed E-state index contributed by atoms with van der Waals surface area (Å²) in [5.74, 6) is -0.185. The number of Topliss-reactive ketones (excluding diaryl/α,β-unsaturated/α-hetero) is 1. The molecule has 1 N–H and O–H groups in total. The SMILES string of the molecule is CCOc1ccc(C(C)=O)cc1COC(=O)c1ccc(S(=O)(=O)NC(C)(C)C)cc1. The summed E-state index contributed by atoms with van der Waals surface area (Å²) in [6, 6.07) is 10.5. The number of ketones is 1. The highest BCUT2D eigenvalue weighted by Gasteiger charge is 2.22. The first-order valence-electron chi connectivity index (χ1n) is 9.51. The number of sulfonamides is 1. The highest BCUT2D eigenvalue weighted by atomic mass is 32.2. The summed E-state index contributed by atoms with van der Waals surface area (Å²) in [5.41, 5.74) is 0.658. The van der Waals surface area contributed by atoms with Crippen LogP contribution in [0.5, 0.6) is 5.75 Å². The number of hydrogen-bond donors (Lipinski definition) is 1. The third-order valence-electron chi connectivity index (χ3n) is 3.97. The Morgan fingerprint density at radius 3 is 2.13 bits per heavy atom. The first kappa shape index (κ1) is 23.6. The number of ether oxygens (including phenoxy) is 2. The van der Waals surface area contributed by atoms with Gasteiger partial charge in [-0.1, -0.05) is 0 Å². The minimum Gasteiger partial charge on any atom is -0.493 e. The highest BCUT2D eigenvalue weighted by molar-refractivity contribution is 7.89. The molecule has 2 aromatic rings. The molecule has 0 saturated heterocycles. The molecule has 30 heavy (non-hydrogen) atoms. The van der Waals surface area contributed by atoms with E-state index >= 15 is 0 Å². The smallest absolute Gasteiger partial charge is 0.338 e. The van der Waals surface area contributed by atoms with Crippen LogP contribution in [0.1, 0.15) is 60.9 Å². The van der Waals surface area contributed by atoms with Crippen LogP contribution in [-0.4, -0.2) is 32.3 Å². The second-order valence-electron chi connectivity index (χ2n) is 7.77. The zero-order valence-corrected chi connectivity index (χ0v) is 18.6. The number of nitrogens with one attached hydrogen (secondary N) is 1. The van der Waals surface area contributed by atoms with Crippen molar-refractivity contribution in [3.05, 3.63) is 59.2 Å². The van der Waals surface area contributed by atoms with Gasteiger partial charge in [0.15, 0.2) is 5.78 Å². The fraction of sp³-hybridized carbons (Fsp3) is 0.364. The number of carbonyl (C=O) groups excluding carboxylic acids is 2. The lowest BCUT2D eigenvalue weighted by molar-refractivity contribution is 0.0469. The van der Waals surface area contributed by atoms with Gasteiger partial charge in [0.25, 0.3) is 0 Å². The molecule has 0 saturated carbocycles. The minimum atomic E-state index is -3.69. The van der Waals surface area contributed by atoms with Gasteiger partial charge in [-0.3, -0.25) is 4.79 Å². The van der Waals surface area contributed by atoms with E-state index in [0.717, 1.165) is 0 Å². The summed E-state index contributed by atoms with van der Waals surface area (Å²) in [6.07, 6.45) is 0. The second kappa shape index (κ2) is 9.40. The summed E-state index contributed by atoms with van der Waals surface area (Å²) < 4.78 is 38.1. The molecule has 0 aromatic heterocycles. The van der Waals surface area contributed by atoms with Crippen molar-refractivity contribution in [3.8, 4) is 5.75 Å². The molecule has 0 radical (unpaired) electrons. The van der Waals surface area contributed by atoms with Gasteiger partial charge in [-0.15, -0.1) is 0 Å². The summed E-state index contributed by atoms with van der Waals surface area (Å²) >= 11 is 0. The van der Waals surface area contributed by atoms with Gasteiger partial charge in [0.1, 0.15) is 12.4 Å². The van der Waals surface area contributed by atoms with E-state index in [0.29, 0.717) is 23.5 Å². The number of hydrogen-bond acceptors (Lipinski definition) is 6. The molecule has 0 unspecified atom stereocenters. The van der Waals surface area contributed by atoms with E-state index in [1.807, 2.05) is 6.92 Å². The molecule has 162 valence electrons. The van der Waals surface area contributed by atoms with E-state index in [-0.39, 0.29) is 22.8 Å². The number of benzene rings is 2. The Hall–Kier alpha value is -2.71. The van der Waals surface area contributed by atoms with E-state index in [9.17, 15) is 18.0 Å². The molecule has 2 rings (SSSR count). The molecule has 0 aliphatic rings. The Morgan fingerprint density at radius 2 is 1.60 bits per heavy atom. The van der Waals surface area contributed by atoms with Crippen LogP contribution in [0.2, 0.25) is 0 Å². The lowest BCUT2D eigenvalue weighted by Crippen LogP contribution is -2.40. The van der Waals surface area contributed by atoms with Gasteiger partial charge < -0.3 is 9.47 Å². The van der Waals surface area contributed by atoms with Crippen LogP contribution in [0.3, 0.4) is 0 Å². The molecular formula is C22H27NO6S. The Bertz CT molecular complexity index is 1020.